The van der Waals surface area contributed by atoms with E-state index in [1.165, 1.54) is 12.5 Å². The van der Waals surface area contributed by atoms with Crippen LogP contribution >= 0.6 is 0 Å². The van der Waals surface area contributed by atoms with E-state index >= 15 is 0 Å². The lowest BCUT2D eigenvalue weighted by molar-refractivity contribution is -0.131. The Kier molecular flexibility index (Phi) is 4.15. The first-order chi connectivity index (χ1) is 11.1. The third-order valence-electron chi connectivity index (χ3n) is 4.15. The van der Waals surface area contributed by atoms with Crippen LogP contribution in [0.2, 0.25) is 0 Å². The number of ether oxygens (including phenoxy) is 1. The van der Waals surface area contributed by atoms with Gasteiger partial charge < -0.3 is 9.64 Å². The normalized spacial score (nSPS) is 16.6. The molecule has 0 aliphatic carbocycles. The molecule has 1 aliphatic rings. The van der Waals surface area contributed by atoms with E-state index in [2.05, 4.69) is 13.0 Å². The Labute approximate surface area is 135 Å². The first-order valence-electron chi connectivity index (χ1n) is 7.75. The molecule has 2 aromatic carbocycles. The van der Waals surface area contributed by atoms with E-state index in [4.69, 9.17) is 4.74 Å². The lowest BCUT2D eigenvalue weighted by Gasteiger charge is -2.33. The molecule has 0 aromatic heterocycles. The van der Waals surface area contributed by atoms with Gasteiger partial charge in [-0.1, -0.05) is 25.1 Å². The number of carbonyl (C=O) groups excluding carboxylic acids is 2. The number of esters is 1. The zero-order valence-electron chi connectivity index (χ0n) is 13.3. The van der Waals surface area contributed by atoms with Gasteiger partial charge in [-0.2, -0.15) is 0 Å². The van der Waals surface area contributed by atoms with Crippen LogP contribution in [0.5, 0.6) is 5.75 Å². The summed E-state index contributed by atoms with van der Waals surface area (Å²) in [6.07, 6.45) is 0.953. The van der Waals surface area contributed by atoms with Crippen LogP contribution < -0.4 is 9.64 Å². The van der Waals surface area contributed by atoms with Crippen molar-refractivity contribution in [2.24, 2.45) is 0 Å². The van der Waals surface area contributed by atoms with E-state index < -0.39 is 0 Å². The molecule has 1 atom stereocenters. The van der Waals surface area contributed by atoms with Crippen LogP contribution in [-0.2, 0) is 4.79 Å². The van der Waals surface area contributed by atoms with Crippen molar-refractivity contribution in [1.29, 1.82) is 0 Å². The highest BCUT2D eigenvalue weighted by molar-refractivity contribution is 6.06. The Bertz CT molecular complexity index is 737. The zero-order valence-corrected chi connectivity index (χ0v) is 13.3. The molecule has 0 fully saturated rings. The van der Waals surface area contributed by atoms with Crippen molar-refractivity contribution < 1.29 is 14.3 Å². The number of carbonyl (C=O) groups is 2. The maximum absolute atomic E-state index is 12.8. The third-order valence-corrected chi connectivity index (χ3v) is 4.15. The Morgan fingerprint density at radius 3 is 2.48 bits per heavy atom. The molecule has 4 heteroatoms. The van der Waals surface area contributed by atoms with Gasteiger partial charge in [0.15, 0.2) is 0 Å². The Morgan fingerprint density at radius 2 is 1.78 bits per heavy atom. The number of benzene rings is 2. The lowest BCUT2D eigenvalue weighted by Crippen LogP contribution is -2.36. The summed E-state index contributed by atoms with van der Waals surface area (Å²) in [6, 6.07) is 14.7. The second-order valence-electron chi connectivity index (χ2n) is 5.82. The molecule has 1 aliphatic heterocycles. The van der Waals surface area contributed by atoms with Crippen molar-refractivity contribution >= 4 is 17.6 Å². The molecule has 0 saturated carbocycles. The molecule has 118 valence electrons. The molecule has 0 N–H and O–H groups in total. The van der Waals surface area contributed by atoms with Gasteiger partial charge in [-0.25, -0.2) is 0 Å². The first-order valence-corrected chi connectivity index (χ1v) is 7.75. The molecule has 0 radical (unpaired) electrons. The van der Waals surface area contributed by atoms with Crippen LogP contribution in [0.25, 0.3) is 0 Å². The summed E-state index contributed by atoms with van der Waals surface area (Å²) in [7, 11) is 0. The minimum atomic E-state index is -0.372. The predicted octanol–water partition coefficient (Wildman–Crippen LogP) is 3.77. The zero-order chi connectivity index (χ0) is 16.4. The second kappa shape index (κ2) is 6.24. The van der Waals surface area contributed by atoms with Gasteiger partial charge in [0, 0.05) is 24.7 Å². The summed E-state index contributed by atoms with van der Waals surface area (Å²) in [6.45, 7) is 4.25. The van der Waals surface area contributed by atoms with Crippen LogP contribution in [0.3, 0.4) is 0 Å². The van der Waals surface area contributed by atoms with Crippen LogP contribution in [0, 0.1) is 0 Å². The van der Waals surface area contributed by atoms with Crippen LogP contribution in [0.15, 0.2) is 48.5 Å². The minimum absolute atomic E-state index is 0.0290. The van der Waals surface area contributed by atoms with Gasteiger partial charge in [0.2, 0.25) is 0 Å². The van der Waals surface area contributed by atoms with E-state index in [-0.39, 0.29) is 11.9 Å². The highest BCUT2D eigenvalue weighted by atomic mass is 16.5. The third kappa shape index (κ3) is 3.11. The first kappa shape index (κ1) is 15.3. The highest BCUT2D eigenvalue weighted by Gasteiger charge is 2.26. The fourth-order valence-corrected chi connectivity index (χ4v) is 2.95. The van der Waals surface area contributed by atoms with E-state index in [1.807, 2.05) is 23.1 Å². The van der Waals surface area contributed by atoms with E-state index in [0.717, 1.165) is 12.1 Å². The molecule has 0 saturated heterocycles. The van der Waals surface area contributed by atoms with E-state index in [0.29, 0.717) is 23.8 Å². The smallest absolute Gasteiger partial charge is 0.308 e. The molecular formula is C19H19NO3. The van der Waals surface area contributed by atoms with Crippen molar-refractivity contribution in [1.82, 2.24) is 0 Å². The molecule has 4 nitrogen and oxygen atoms in total. The SMILES string of the molecule is CC(=O)Oc1ccc(C(=O)N2CC[C@@H](C)c3ccccc32)cc1. The highest BCUT2D eigenvalue weighted by Crippen LogP contribution is 2.35. The van der Waals surface area contributed by atoms with Gasteiger partial charge in [0.25, 0.3) is 5.91 Å². The van der Waals surface area contributed by atoms with Crippen LogP contribution in [0.1, 0.15) is 42.1 Å². The molecule has 1 amide bonds. The number of nitrogens with zero attached hydrogens (tertiary/aromatic N) is 1. The number of hydrogen-bond acceptors (Lipinski definition) is 3. The predicted molar refractivity (Wildman–Crippen MR) is 88.9 cm³/mol. The fourth-order valence-electron chi connectivity index (χ4n) is 2.95. The average Bonchev–Trinajstić information content (AvgIpc) is 2.55. The molecular weight excluding hydrogens is 290 g/mol. The summed E-state index contributed by atoms with van der Waals surface area (Å²) in [5, 5.41) is 0. The molecule has 0 bridgehead atoms. The Morgan fingerprint density at radius 1 is 1.09 bits per heavy atom. The number of rotatable bonds is 2. The Hall–Kier alpha value is -2.62. The van der Waals surface area contributed by atoms with Crippen LogP contribution in [-0.4, -0.2) is 18.4 Å². The van der Waals surface area contributed by atoms with Gasteiger partial charge in [-0.15, -0.1) is 0 Å². The number of anilines is 1. The van der Waals surface area contributed by atoms with E-state index in [9.17, 15) is 9.59 Å². The summed E-state index contributed by atoms with van der Waals surface area (Å²) >= 11 is 0. The monoisotopic (exact) mass is 309 g/mol. The van der Waals surface area contributed by atoms with E-state index in [1.54, 1.807) is 24.3 Å². The van der Waals surface area contributed by atoms with Crippen molar-refractivity contribution in [2.75, 3.05) is 11.4 Å². The number of hydrogen-bond donors (Lipinski definition) is 0. The molecule has 3 rings (SSSR count). The molecule has 0 spiro atoms. The average molecular weight is 309 g/mol. The summed E-state index contributed by atoms with van der Waals surface area (Å²) < 4.78 is 5.00. The maximum atomic E-state index is 12.8. The molecule has 0 unspecified atom stereocenters. The molecule has 1 heterocycles. The van der Waals surface area contributed by atoms with Gasteiger partial charge in [-0.05, 0) is 48.2 Å². The minimum Gasteiger partial charge on any atom is -0.427 e. The van der Waals surface area contributed by atoms with Crippen molar-refractivity contribution in [3.63, 3.8) is 0 Å². The van der Waals surface area contributed by atoms with Gasteiger partial charge in [-0.3, -0.25) is 9.59 Å². The van der Waals surface area contributed by atoms with Gasteiger partial charge >= 0.3 is 5.97 Å². The molecule has 23 heavy (non-hydrogen) atoms. The number of amides is 1. The number of fused-ring (bicyclic) bond motifs is 1. The van der Waals surface area contributed by atoms with Crippen molar-refractivity contribution in [3.8, 4) is 5.75 Å². The maximum Gasteiger partial charge on any atom is 0.308 e. The Balaban J connectivity index is 1.86. The van der Waals surface area contributed by atoms with Crippen molar-refractivity contribution in [3.05, 3.63) is 59.7 Å². The van der Waals surface area contributed by atoms with Crippen LogP contribution in [0.4, 0.5) is 5.69 Å². The summed E-state index contributed by atoms with van der Waals surface area (Å²) in [5.41, 5.74) is 2.79. The van der Waals surface area contributed by atoms with Gasteiger partial charge in [0.05, 0.1) is 0 Å². The second-order valence-corrected chi connectivity index (χ2v) is 5.82. The lowest BCUT2D eigenvalue weighted by atomic mass is 9.91. The standard InChI is InChI=1S/C19H19NO3/c1-13-11-12-20(18-6-4-3-5-17(13)18)19(22)15-7-9-16(10-8-15)23-14(2)21/h3-10,13H,11-12H2,1-2H3/t13-/m1/s1. The van der Waals surface area contributed by atoms with Gasteiger partial charge in [0.1, 0.15) is 5.75 Å². The quantitative estimate of drug-likeness (QED) is 0.627. The molecule has 2 aromatic rings. The summed E-state index contributed by atoms with van der Waals surface area (Å²) in [4.78, 5) is 25.6. The summed E-state index contributed by atoms with van der Waals surface area (Å²) in [5.74, 6) is 0.505. The fraction of sp³-hybridized carbons (Fsp3) is 0.263. The topological polar surface area (TPSA) is 46.6 Å². The van der Waals surface area contributed by atoms with Crippen molar-refractivity contribution in [2.45, 2.75) is 26.2 Å². The number of para-hydroxylation sites is 1. The largest absolute Gasteiger partial charge is 0.427 e.